The Morgan fingerprint density at radius 2 is 2.00 bits per heavy atom. The normalized spacial score (nSPS) is 16.4. The molecule has 0 amide bonds. The number of rotatable bonds is 6. The Morgan fingerprint density at radius 3 is 2.36 bits per heavy atom. The quantitative estimate of drug-likeness (QED) is 0.615. The predicted molar refractivity (Wildman–Crippen MR) is 53.3 cm³/mol. The second-order valence-corrected chi connectivity index (χ2v) is 4.51. The molecule has 0 saturated carbocycles. The van der Waals surface area contributed by atoms with E-state index in [4.69, 9.17) is 4.74 Å². The third-order valence-electron chi connectivity index (χ3n) is 2.00. The van der Waals surface area contributed by atoms with Crippen LogP contribution >= 0.6 is 11.8 Å². The summed E-state index contributed by atoms with van der Waals surface area (Å²) in [6.45, 7) is 7.61. The van der Waals surface area contributed by atoms with Gasteiger partial charge in [0, 0.05) is 12.9 Å². The third kappa shape index (κ3) is 4.70. The fraction of sp³-hybridized carbons (Fsp3) is 1.00. The van der Waals surface area contributed by atoms with Gasteiger partial charge in [-0.3, -0.25) is 0 Å². The van der Waals surface area contributed by atoms with Crippen molar-refractivity contribution in [1.29, 1.82) is 0 Å². The van der Waals surface area contributed by atoms with Crippen molar-refractivity contribution in [1.82, 2.24) is 0 Å². The van der Waals surface area contributed by atoms with Gasteiger partial charge in [0.15, 0.2) is 0 Å². The highest BCUT2D eigenvalue weighted by molar-refractivity contribution is 7.99. The molecule has 1 nitrogen and oxygen atoms in total. The molecule has 0 heterocycles. The lowest BCUT2D eigenvalue weighted by Gasteiger charge is -2.26. The van der Waals surface area contributed by atoms with Gasteiger partial charge in [-0.2, -0.15) is 11.8 Å². The minimum absolute atomic E-state index is 0.384. The molecule has 0 saturated heterocycles. The van der Waals surface area contributed by atoms with E-state index in [2.05, 4.69) is 20.8 Å². The van der Waals surface area contributed by atoms with Crippen LogP contribution < -0.4 is 0 Å². The van der Waals surface area contributed by atoms with E-state index in [0.717, 1.165) is 6.61 Å². The molecule has 68 valence electrons. The van der Waals surface area contributed by atoms with Crippen LogP contribution in [-0.2, 0) is 4.74 Å². The van der Waals surface area contributed by atoms with Crippen molar-refractivity contribution in [2.75, 3.05) is 25.2 Å². The molecule has 0 N–H and O–H groups in total. The van der Waals surface area contributed by atoms with Gasteiger partial charge in [0.05, 0.1) is 6.61 Å². The lowest BCUT2D eigenvalue weighted by molar-refractivity contribution is 0.105. The molecule has 0 aromatic carbocycles. The van der Waals surface area contributed by atoms with Crippen molar-refractivity contribution >= 4 is 11.8 Å². The van der Waals surface area contributed by atoms with Crippen molar-refractivity contribution in [2.24, 2.45) is 5.41 Å². The SMILES string of the molecule is CCSC[C@@](C)(CC)COC. The molecule has 0 aliphatic rings. The van der Waals surface area contributed by atoms with Crippen LogP contribution in [0.1, 0.15) is 27.2 Å². The minimum Gasteiger partial charge on any atom is -0.384 e. The summed E-state index contributed by atoms with van der Waals surface area (Å²) in [4.78, 5) is 0. The maximum absolute atomic E-state index is 5.18. The van der Waals surface area contributed by atoms with Crippen molar-refractivity contribution in [2.45, 2.75) is 27.2 Å². The molecule has 0 aliphatic carbocycles. The van der Waals surface area contributed by atoms with Crippen LogP contribution in [0.25, 0.3) is 0 Å². The summed E-state index contributed by atoms with van der Waals surface area (Å²) in [7, 11) is 1.78. The summed E-state index contributed by atoms with van der Waals surface area (Å²) in [6, 6.07) is 0. The van der Waals surface area contributed by atoms with Gasteiger partial charge < -0.3 is 4.74 Å². The summed E-state index contributed by atoms with van der Waals surface area (Å²) in [5.74, 6) is 2.42. The smallest absolute Gasteiger partial charge is 0.0523 e. The topological polar surface area (TPSA) is 9.23 Å². The number of hydrogen-bond acceptors (Lipinski definition) is 2. The zero-order valence-corrected chi connectivity index (χ0v) is 8.96. The number of methoxy groups -OCH3 is 1. The molecule has 0 unspecified atom stereocenters. The summed E-state index contributed by atoms with van der Waals surface area (Å²) in [5, 5.41) is 0. The van der Waals surface area contributed by atoms with Crippen LogP contribution in [0.15, 0.2) is 0 Å². The van der Waals surface area contributed by atoms with Gasteiger partial charge in [-0.15, -0.1) is 0 Å². The molecule has 0 aromatic heterocycles. The largest absolute Gasteiger partial charge is 0.384 e. The second-order valence-electron chi connectivity index (χ2n) is 3.23. The van der Waals surface area contributed by atoms with E-state index >= 15 is 0 Å². The molecule has 0 aliphatic heterocycles. The molecular weight excluding hydrogens is 156 g/mol. The Balaban J connectivity index is 3.68. The summed E-state index contributed by atoms with van der Waals surface area (Å²) in [5.41, 5.74) is 0.384. The second kappa shape index (κ2) is 5.90. The van der Waals surface area contributed by atoms with Gasteiger partial charge in [-0.05, 0) is 17.6 Å². The highest BCUT2D eigenvalue weighted by atomic mass is 32.2. The average molecular weight is 176 g/mol. The maximum atomic E-state index is 5.18. The Labute approximate surface area is 74.9 Å². The Morgan fingerprint density at radius 1 is 1.36 bits per heavy atom. The van der Waals surface area contributed by atoms with Crippen LogP contribution in [0.3, 0.4) is 0 Å². The summed E-state index contributed by atoms with van der Waals surface area (Å²) in [6.07, 6.45) is 1.20. The Bertz CT molecular complexity index is 95.6. The van der Waals surface area contributed by atoms with Crippen molar-refractivity contribution in [3.05, 3.63) is 0 Å². The number of hydrogen-bond donors (Lipinski definition) is 0. The lowest BCUT2D eigenvalue weighted by Crippen LogP contribution is -2.24. The first-order chi connectivity index (χ1) is 5.18. The first-order valence-electron chi connectivity index (χ1n) is 4.25. The van der Waals surface area contributed by atoms with Crippen LogP contribution in [0.5, 0.6) is 0 Å². The van der Waals surface area contributed by atoms with Crippen molar-refractivity contribution in [3.63, 3.8) is 0 Å². The van der Waals surface area contributed by atoms with E-state index in [1.54, 1.807) is 7.11 Å². The Kier molecular flexibility index (Phi) is 6.06. The first-order valence-corrected chi connectivity index (χ1v) is 5.40. The van der Waals surface area contributed by atoms with Crippen molar-refractivity contribution < 1.29 is 4.74 Å². The molecule has 0 bridgehead atoms. The average Bonchev–Trinajstić information content (AvgIpc) is 2.02. The molecule has 0 rings (SSSR count). The molecule has 0 spiro atoms. The van der Waals surface area contributed by atoms with E-state index in [1.807, 2.05) is 11.8 Å². The predicted octanol–water partition coefficient (Wildman–Crippen LogP) is 2.80. The fourth-order valence-electron chi connectivity index (χ4n) is 0.943. The van der Waals surface area contributed by atoms with E-state index < -0.39 is 0 Å². The van der Waals surface area contributed by atoms with E-state index in [0.29, 0.717) is 5.41 Å². The lowest BCUT2D eigenvalue weighted by atomic mass is 9.91. The molecule has 2 heteroatoms. The van der Waals surface area contributed by atoms with Crippen LogP contribution in [-0.4, -0.2) is 25.2 Å². The monoisotopic (exact) mass is 176 g/mol. The van der Waals surface area contributed by atoms with Crippen LogP contribution in [0.4, 0.5) is 0 Å². The highest BCUT2D eigenvalue weighted by Crippen LogP contribution is 2.26. The minimum atomic E-state index is 0.384. The highest BCUT2D eigenvalue weighted by Gasteiger charge is 2.21. The number of ether oxygens (including phenoxy) is 1. The molecule has 1 atom stereocenters. The zero-order chi connectivity index (χ0) is 8.74. The fourth-order valence-corrected chi connectivity index (χ4v) is 1.93. The van der Waals surface area contributed by atoms with E-state index in [9.17, 15) is 0 Å². The van der Waals surface area contributed by atoms with Crippen LogP contribution in [0.2, 0.25) is 0 Å². The zero-order valence-electron chi connectivity index (χ0n) is 8.14. The molecule has 0 fully saturated rings. The standard InChI is InChI=1S/C9H20OS/c1-5-9(3,7-10-4)8-11-6-2/h5-8H2,1-4H3/t9-/m0/s1. The van der Waals surface area contributed by atoms with Gasteiger partial charge in [0.1, 0.15) is 0 Å². The first kappa shape index (κ1) is 11.3. The van der Waals surface area contributed by atoms with E-state index in [1.165, 1.54) is 17.9 Å². The van der Waals surface area contributed by atoms with Gasteiger partial charge in [0.2, 0.25) is 0 Å². The number of thioether (sulfide) groups is 1. The maximum Gasteiger partial charge on any atom is 0.0523 e. The van der Waals surface area contributed by atoms with Crippen molar-refractivity contribution in [3.8, 4) is 0 Å². The molecule has 0 radical (unpaired) electrons. The Hall–Kier alpha value is 0.310. The van der Waals surface area contributed by atoms with Gasteiger partial charge in [0.25, 0.3) is 0 Å². The summed E-state index contributed by atoms with van der Waals surface area (Å²) >= 11 is 2.00. The molecule has 0 aromatic rings. The van der Waals surface area contributed by atoms with Gasteiger partial charge in [-0.1, -0.05) is 20.8 Å². The molecule has 11 heavy (non-hydrogen) atoms. The van der Waals surface area contributed by atoms with Gasteiger partial charge >= 0.3 is 0 Å². The summed E-state index contributed by atoms with van der Waals surface area (Å²) < 4.78 is 5.18. The van der Waals surface area contributed by atoms with Gasteiger partial charge in [-0.25, -0.2) is 0 Å². The molecular formula is C9H20OS. The third-order valence-corrected chi connectivity index (χ3v) is 3.31. The van der Waals surface area contributed by atoms with Crippen LogP contribution in [0, 0.1) is 5.41 Å². The van der Waals surface area contributed by atoms with E-state index in [-0.39, 0.29) is 0 Å².